The minimum Gasteiger partial charge on any atom is -0.496 e. The molecule has 1 aliphatic carbocycles. The number of ether oxygens (including phenoxy) is 2. The van der Waals surface area contributed by atoms with Gasteiger partial charge < -0.3 is 14.6 Å². The fraction of sp³-hybridized carbons (Fsp3) is 0.333. The van der Waals surface area contributed by atoms with E-state index in [0.717, 1.165) is 5.57 Å². The SMILES string of the molecule is COc1cc([C@H](O)CC=C(C)C)c(OC)c2c1C(=O)C=CC2=O. The lowest BCUT2D eigenvalue weighted by molar-refractivity contribution is 0.0987. The molecule has 0 fully saturated rings. The summed E-state index contributed by atoms with van der Waals surface area (Å²) in [5, 5.41) is 10.5. The number of rotatable bonds is 5. The molecule has 1 N–H and O–H groups in total. The van der Waals surface area contributed by atoms with Crippen LogP contribution in [0.15, 0.2) is 29.9 Å². The van der Waals surface area contributed by atoms with Crippen LogP contribution in [0.5, 0.6) is 11.5 Å². The minimum absolute atomic E-state index is 0.144. The van der Waals surface area contributed by atoms with Crippen LogP contribution in [0.25, 0.3) is 0 Å². The molecule has 0 spiro atoms. The molecule has 0 aromatic heterocycles. The monoisotopic (exact) mass is 316 g/mol. The molecule has 0 radical (unpaired) electrons. The van der Waals surface area contributed by atoms with Crippen LogP contribution in [0.4, 0.5) is 0 Å². The number of hydrogen-bond donors (Lipinski definition) is 1. The van der Waals surface area contributed by atoms with E-state index >= 15 is 0 Å². The summed E-state index contributed by atoms with van der Waals surface area (Å²) in [6, 6.07) is 1.56. The fourth-order valence-corrected chi connectivity index (χ4v) is 2.56. The third-order valence-electron chi connectivity index (χ3n) is 3.68. The van der Waals surface area contributed by atoms with E-state index in [2.05, 4.69) is 0 Å². The number of fused-ring (bicyclic) bond motifs is 1. The normalized spacial score (nSPS) is 14.3. The first-order valence-electron chi connectivity index (χ1n) is 7.27. The maximum atomic E-state index is 12.3. The number of hydrogen-bond acceptors (Lipinski definition) is 5. The van der Waals surface area contributed by atoms with E-state index in [-0.39, 0.29) is 34.2 Å². The Morgan fingerprint density at radius 3 is 2.26 bits per heavy atom. The number of carbonyl (C=O) groups is 2. The fourth-order valence-electron chi connectivity index (χ4n) is 2.56. The van der Waals surface area contributed by atoms with Crippen molar-refractivity contribution in [2.45, 2.75) is 26.4 Å². The van der Waals surface area contributed by atoms with Gasteiger partial charge in [-0.2, -0.15) is 0 Å². The van der Waals surface area contributed by atoms with Crippen molar-refractivity contribution in [2.75, 3.05) is 14.2 Å². The molecule has 5 heteroatoms. The van der Waals surface area contributed by atoms with E-state index in [9.17, 15) is 14.7 Å². The Morgan fingerprint density at radius 1 is 1.13 bits per heavy atom. The second kappa shape index (κ2) is 6.79. The molecular formula is C18H20O5. The van der Waals surface area contributed by atoms with Gasteiger partial charge in [0.05, 0.1) is 31.5 Å². The van der Waals surface area contributed by atoms with E-state index in [1.54, 1.807) is 6.07 Å². The molecule has 5 nitrogen and oxygen atoms in total. The predicted molar refractivity (Wildman–Crippen MR) is 86.4 cm³/mol. The summed E-state index contributed by atoms with van der Waals surface area (Å²) >= 11 is 0. The number of ketones is 2. The van der Waals surface area contributed by atoms with Gasteiger partial charge in [0.25, 0.3) is 0 Å². The molecule has 0 bridgehead atoms. The maximum absolute atomic E-state index is 12.3. The molecule has 0 aliphatic heterocycles. The van der Waals surface area contributed by atoms with Crippen LogP contribution >= 0.6 is 0 Å². The zero-order chi connectivity index (χ0) is 17.1. The molecule has 0 heterocycles. The van der Waals surface area contributed by atoms with Crippen molar-refractivity contribution < 1.29 is 24.2 Å². The Morgan fingerprint density at radius 2 is 1.74 bits per heavy atom. The average molecular weight is 316 g/mol. The van der Waals surface area contributed by atoms with Crippen LogP contribution < -0.4 is 9.47 Å². The van der Waals surface area contributed by atoms with Gasteiger partial charge in [0, 0.05) is 5.56 Å². The second-order valence-corrected chi connectivity index (χ2v) is 5.55. The van der Waals surface area contributed by atoms with Crippen LogP contribution in [0, 0.1) is 0 Å². The third kappa shape index (κ3) is 3.19. The van der Waals surface area contributed by atoms with Crippen molar-refractivity contribution in [3.63, 3.8) is 0 Å². The van der Waals surface area contributed by atoms with Gasteiger partial charge in [-0.15, -0.1) is 0 Å². The molecule has 0 unspecified atom stereocenters. The first kappa shape index (κ1) is 17.0. The van der Waals surface area contributed by atoms with E-state index in [0.29, 0.717) is 12.0 Å². The van der Waals surface area contributed by atoms with Gasteiger partial charge in [0.15, 0.2) is 11.6 Å². The van der Waals surface area contributed by atoms with Crippen molar-refractivity contribution in [2.24, 2.45) is 0 Å². The lowest BCUT2D eigenvalue weighted by Crippen LogP contribution is -2.17. The molecule has 2 rings (SSSR count). The van der Waals surface area contributed by atoms with Crippen LogP contribution in [0.1, 0.15) is 52.7 Å². The van der Waals surface area contributed by atoms with Crippen LogP contribution in [0.3, 0.4) is 0 Å². The smallest absolute Gasteiger partial charge is 0.190 e. The van der Waals surface area contributed by atoms with E-state index in [1.165, 1.54) is 26.4 Å². The van der Waals surface area contributed by atoms with Crippen molar-refractivity contribution in [1.29, 1.82) is 0 Å². The number of benzene rings is 1. The van der Waals surface area contributed by atoms with Crippen molar-refractivity contribution in [1.82, 2.24) is 0 Å². The standard InChI is InChI=1S/C18H20O5/c1-10(2)5-6-12(19)11-9-15(22-3)16-13(20)7-8-14(21)17(16)18(11)23-4/h5,7-9,12,19H,6H2,1-4H3/t12-/m1/s1. The number of methoxy groups -OCH3 is 2. The Balaban J connectivity index is 2.66. The molecule has 0 amide bonds. The van der Waals surface area contributed by atoms with Crippen molar-refractivity contribution in [3.8, 4) is 11.5 Å². The van der Waals surface area contributed by atoms with Crippen molar-refractivity contribution in [3.05, 3.63) is 46.6 Å². The van der Waals surface area contributed by atoms with Gasteiger partial charge in [-0.3, -0.25) is 9.59 Å². The summed E-state index contributed by atoms with van der Waals surface area (Å²) < 4.78 is 10.6. The molecule has 122 valence electrons. The minimum atomic E-state index is -0.868. The lowest BCUT2D eigenvalue weighted by Gasteiger charge is -2.22. The molecule has 0 saturated carbocycles. The van der Waals surface area contributed by atoms with E-state index < -0.39 is 6.10 Å². The first-order valence-corrected chi connectivity index (χ1v) is 7.27. The highest BCUT2D eigenvalue weighted by Crippen LogP contribution is 2.40. The molecule has 0 saturated heterocycles. The van der Waals surface area contributed by atoms with E-state index in [1.807, 2.05) is 19.9 Å². The van der Waals surface area contributed by atoms with Crippen LogP contribution in [0.2, 0.25) is 0 Å². The van der Waals surface area contributed by atoms with Gasteiger partial charge in [0.2, 0.25) is 0 Å². The second-order valence-electron chi connectivity index (χ2n) is 5.55. The Hall–Kier alpha value is -2.40. The highest BCUT2D eigenvalue weighted by molar-refractivity contribution is 6.24. The lowest BCUT2D eigenvalue weighted by atomic mass is 9.88. The largest absolute Gasteiger partial charge is 0.496 e. The number of carbonyl (C=O) groups excluding carboxylic acids is 2. The molecule has 1 atom stereocenters. The molecule has 1 aromatic carbocycles. The number of allylic oxidation sites excluding steroid dienone is 3. The highest BCUT2D eigenvalue weighted by Gasteiger charge is 2.31. The third-order valence-corrected chi connectivity index (χ3v) is 3.68. The molecule has 23 heavy (non-hydrogen) atoms. The zero-order valence-corrected chi connectivity index (χ0v) is 13.7. The summed E-state index contributed by atoms with van der Waals surface area (Å²) in [7, 11) is 2.83. The van der Waals surface area contributed by atoms with Crippen LogP contribution in [-0.4, -0.2) is 30.9 Å². The first-order chi connectivity index (χ1) is 10.9. The van der Waals surface area contributed by atoms with E-state index in [4.69, 9.17) is 9.47 Å². The quantitative estimate of drug-likeness (QED) is 0.845. The van der Waals surface area contributed by atoms with Gasteiger partial charge in [0.1, 0.15) is 11.5 Å². The Labute approximate surface area is 135 Å². The van der Waals surface area contributed by atoms with Crippen LogP contribution in [-0.2, 0) is 0 Å². The zero-order valence-electron chi connectivity index (χ0n) is 13.7. The number of aliphatic hydroxyl groups excluding tert-OH is 1. The summed E-state index contributed by atoms with van der Waals surface area (Å²) in [6.07, 6.45) is 3.82. The van der Waals surface area contributed by atoms with Gasteiger partial charge in [-0.1, -0.05) is 11.6 Å². The topological polar surface area (TPSA) is 72.8 Å². The van der Waals surface area contributed by atoms with Crippen molar-refractivity contribution >= 4 is 11.6 Å². The summed E-state index contributed by atoms with van der Waals surface area (Å²) in [5.74, 6) is -0.181. The average Bonchev–Trinajstić information content (AvgIpc) is 2.54. The molecular weight excluding hydrogens is 296 g/mol. The highest BCUT2D eigenvalue weighted by atomic mass is 16.5. The Bertz CT molecular complexity index is 709. The van der Waals surface area contributed by atoms with Gasteiger partial charge in [-0.05, 0) is 38.5 Å². The number of aliphatic hydroxyl groups is 1. The van der Waals surface area contributed by atoms with Gasteiger partial charge >= 0.3 is 0 Å². The van der Waals surface area contributed by atoms with Gasteiger partial charge in [-0.25, -0.2) is 0 Å². The summed E-state index contributed by atoms with van der Waals surface area (Å²) in [5.41, 5.74) is 1.82. The predicted octanol–water partition coefficient (Wildman–Crippen LogP) is 3.03. The molecule has 1 aromatic rings. The summed E-state index contributed by atoms with van der Waals surface area (Å²) in [6.45, 7) is 3.87. The summed E-state index contributed by atoms with van der Waals surface area (Å²) in [4.78, 5) is 24.4. The maximum Gasteiger partial charge on any atom is 0.190 e. The molecule has 1 aliphatic rings. The Kier molecular flexibility index (Phi) is 5.01.